The number of pyridine rings is 1. The number of halogens is 2. The van der Waals surface area contributed by atoms with E-state index < -0.39 is 0 Å². The van der Waals surface area contributed by atoms with Crippen LogP contribution in [0.25, 0.3) is 5.82 Å². The maximum atomic E-state index is 4.42. The Kier molecular flexibility index (Phi) is 6.12. The molecule has 3 aromatic rings. The Hall–Kier alpha value is -1.69. The fourth-order valence-electron chi connectivity index (χ4n) is 2.14. The highest BCUT2D eigenvalue weighted by atomic mass is 79.9. The highest BCUT2D eigenvalue weighted by Crippen LogP contribution is 2.16. The Labute approximate surface area is 144 Å². The van der Waals surface area contributed by atoms with Crippen LogP contribution in [0.3, 0.4) is 0 Å². The zero-order chi connectivity index (χ0) is 14.5. The van der Waals surface area contributed by atoms with Crippen molar-refractivity contribution in [1.29, 1.82) is 0 Å². The van der Waals surface area contributed by atoms with E-state index in [-0.39, 0.29) is 12.4 Å². The van der Waals surface area contributed by atoms with Crippen molar-refractivity contribution in [2.45, 2.75) is 13.1 Å². The molecule has 0 fully saturated rings. The summed E-state index contributed by atoms with van der Waals surface area (Å²) in [5, 5.41) is 7.70. The molecule has 6 heteroatoms. The molecule has 1 aromatic carbocycles. The van der Waals surface area contributed by atoms with E-state index in [1.54, 1.807) is 17.1 Å². The third-order valence-corrected chi connectivity index (χ3v) is 3.95. The lowest BCUT2D eigenvalue weighted by Crippen LogP contribution is -2.15. The summed E-state index contributed by atoms with van der Waals surface area (Å²) in [7, 11) is 0. The van der Waals surface area contributed by atoms with Gasteiger partial charge in [0.2, 0.25) is 0 Å². The molecule has 0 aliphatic carbocycles. The molecule has 0 saturated carbocycles. The lowest BCUT2D eigenvalue weighted by molar-refractivity contribution is 0.680. The van der Waals surface area contributed by atoms with E-state index in [0.29, 0.717) is 0 Å². The highest BCUT2D eigenvalue weighted by Gasteiger charge is 2.06. The summed E-state index contributed by atoms with van der Waals surface area (Å²) in [6.07, 6.45) is 5.45. The molecule has 1 N–H and O–H groups in total. The van der Waals surface area contributed by atoms with Gasteiger partial charge in [-0.05, 0) is 23.8 Å². The summed E-state index contributed by atoms with van der Waals surface area (Å²) >= 11 is 3.56. The molecule has 0 aliphatic rings. The lowest BCUT2D eigenvalue weighted by Gasteiger charge is -2.10. The van der Waals surface area contributed by atoms with Crippen molar-refractivity contribution < 1.29 is 0 Å². The Morgan fingerprint density at radius 3 is 2.50 bits per heavy atom. The molecule has 114 valence electrons. The van der Waals surface area contributed by atoms with Gasteiger partial charge >= 0.3 is 0 Å². The molecule has 0 spiro atoms. The first-order valence-corrected chi connectivity index (χ1v) is 7.52. The van der Waals surface area contributed by atoms with E-state index in [1.807, 2.05) is 30.5 Å². The van der Waals surface area contributed by atoms with E-state index in [2.05, 4.69) is 49.5 Å². The van der Waals surface area contributed by atoms with Gasteiger partial charge in [0.05, 0.1) is 0 Å². The SMILES string of the molecule is Brc1ccccc1CNCc1cccnc1-n1cccn1.Cl. The van der Waals surface area contributed by atoms with Crippen molar-refractivity contribution in [3.63, 3.8) is 0 Å². The molecule has 2 aromatic heterocycles. The van der Waals surface area contributed by atoms with E-state index in [1.165, 1.54) is 5.56 Å². The predicted molar refractivity (Wildman–Crippen MR) is 93.3 cm³/mol. The third-order valence-electron chi connectivity index (χ3n) is 3.18. The van der Waals surface area contributed by atoms with E-state index >= 15 is 0 Å². The molecular weight excluding hydrogens is 364 g/mol. The van der Waals surface area contributed by atoms with E-state index in [9.17, 15) is 0 Å². The largest absolute Gasteiger partial charge is 0.308 e. The van der Waals surface area contributed by atoms with Gasteiger partial charge in [-0.15, -0.1) is 12.4 Å². The number of nitrogens with zero attached hydrogens (tertiary/aromatic N) is 3. The summed E-state index contributed by atoms with van der Waals surface area (Å²) in [6, 6.07) is 14.1. The maximum Gasteiger partial charge on any atom is 0.157 e. The first-order chi connectivity index (χ1) is 10.3. The summed E-state index contributed by atoms with van der Waals surface area (Å²) in [6.45, 7) is 1.54. The van der Waals surface area contributed by atoms with E-state index in [4.69, 9.17) is 0 Å². The molecule has 0 atom stereocenters. The molecule has 0 bridgehead atoms. The fraction of sp³-hybridized carbons (Fsp3) is 0.125. The first-order valence-electron chi connectivity index (χ1n) is 6.72. The van der Waals surface area contributed by atoms with Crippen LogP contribution in [0.5, 0.6) is 0 Å². The minimum absolute atomic E-state index is 0. The molecule has 0 saturated heterocycles. The van der Waals surface area contributed by atoms with Crippen LogP contribution in [-0.2, 0) is 13.1 Å². The van der Waals surface area contributed by atoms with Crippen LogP contribution in [0.1, 0.15) is 11.1 Å². The second-order valence-corrected chi connectivity index (χ2v) is 5.49. The van der Waals surface area contributed by atoms with Crippen LogP contribution in [0.15, 0.2) is 65.5 Å². The van der Waals surface area contributed by atoms with Crippen molar-refractivity contribution in [2.75, 3.05) is 0 Å². The molecule has 22 heavy (non-hydrogen) atoms. The number of hydrogen-bond donors (Lipinski definition) is 1. The Balaban J connectivity index is 0.00000176. The Bertz CT molecular complexity index is 716. The second-order valence-electron chi connectivity index (χ2n) is 4.63. The summed E-state index contributed by atoms with van der Waals surface area (Å²) < 4.78 is 2.91. The Morgan fingerprint density at radius 1 is 0.955 bits per heavy atom. The van der Waals surface area contributed by atoms with Crippen LogP contribution in [0.4, 0.5) is 0 Å². The lowest BCUT2D eigenvalue weighted by atomic mass is 10.2. The van der Waals surface area contributed by atoms with Gasteiger partial charge in [0.1, 0.15) is 0 Å². The van der Waals surface area contributed by atoms with Gasteiger partial charge in [-0.3, -0.25) is 0 Å². The number of hydrogen-bond acceptors (Lipinski definition) is 3. The zero-order valence-electron chi connectivity index (χ0n) is 11.8. The standard InChI is InChI=1S/C16H15BrN4.ClH/c17-15-7-2-1-5-13(15)11-18-12-14-6-3-8-19-16(14)21-10-4-9-20-21;/h1-10,18H,11-12H2;1H. The molecule has 0 amide bonds. The summed E-state index contributed by atoms with van der Waals surface area (Å²) in [5.41, 5.74) is 2.36. The molecule has 4 nitrogen and oxygen atoms in total. The molecule has 0 unspecified atom stereocenters. The molecule has 2 heterocycles. The third kappa shape index (κ3) is 3.94. The van der Waals surface area contributed by atoms with Gasteiger partial charge in [-0.1, -0.05) is 40.2 Å². The monoisotopic (exact) mass is 378 g/mol. The normalized spacial score (nSPS) is 10.2. The molecule has 3 rings (SSSR count). The molecular formula is C16H16BrClN4. The predicted octanol–water partition coefficient (Wildman–Crippen LogP) is 3.74. The average Bonchev–Trinajstić information content (AvgIpc) is 3.04. The van der Waals surface area contributed by atoms with Gasteiger partial charge < -0.3 is 5.32 Å². The first kappa shape index (κ1) is 16.7. The number of rotatable bonds is 5. The Morgan fingerprint density at radius 2 is 1.73 bits per heavy atom. The molecule has 0 radical (unpaired) electrons. The van der Waals surface area contributed by atoms with Gasteiger partial charge in [-0.25, -0.2) is 9.67 Å². The quantitative estimate of drug-likeness (QED) is 0.734. The topological polar surface area (TPSA) is 42.7 Å². The molecule has 0 aliphatic heterocycles. The van der Waals surface area contributed by atoms with Crippen LogP contribution in [0.2, 0.25) is 0 Å². The van der Waals surface area contributed by atoms with Gasteiger partial charge in [0.15, 0.2) is 5.82 Å². The van der Waals surface area contributed by atoms with Gasteiger partial charge in [0.25, 0.3) is 0 Å². The smallest absolute Gasteiger partial charge is 0.157 e. The van der Waals surface area contributed by atoms with Gasteiger partial charge in [0, 0.05) is 41.7 Å². The zero-order valence-corrected chi connectivity index (χ0v) is 14.2. The number of nitrogens with one attached hydrogen (secondary N) is 1. The minimum atomic E-state index is 0. The fourth-order valence-corrected chi connectivity index (χ4v) is 2.57. The van der Waals surface area contributed by atoms with Crippen molar-refractivity contribution in [3.8, 4) is 5.82 Å². The van der Waals surface area contributed by atoms with Crippen LogP contribution < -0.4 is 5.32 Å². The van der Waals surface area contributed by atoms with Crippen LogP contribution in [-0.4, -0.2) is 14.8 Å². The van der Waals surface area contributed by atoms with E-state index in [0.717, 1.165) is 28.9 Å². The van der Waals surface area contributed by atoms with Crippen LogP contribution in [0, 0.1) is 0 Å². The summed E-state index contributed by atoms with van der Waals surface area (Å²) in [5.74, 6) is 0.863. The van der Waals surface area contributed by atoms with Crippen molar-refractivity contribution in [3.05, 3.63) is 76.7 Å². The minimum Gasteiger partial charge on any atom is -0.308 e. The second kappa shape index (κ2) is 8.08. The highest BCUT2D eigenvalue weighted by molar-refractivity contribution is 9.10. The number of benzene rings is 1. The van der Waals surface area contributed by atoms with Crippen molar-refractivity contribution >= 4 is 28.3 Å². The van der Waals surface area contributed by atoms with Crippen molar-refractivity contribution in [1.82, 2.24) is 20.1 Å². The van der Waals surface area contributed by atoms with Gasteiger partial charge in [-0.2, -0.15) is 5.10 Å². The van der Waals surface area contributed by atoms with Crippen LogP contribution >= 0.6 is 28.3 Å². The van der Waals surface area contributed by atoms with Crippen molar-refractivity contribution in [2.24, 2.45) is 0 Å². The average molecular weight is 380 g/mol. The number of aromatic nitrogens is 3. The maximum absolute atomic E-state index is 4.42. The summed E-state index contributed by atoms with van der Waals surface area (Å²) in [4.78, 5) is 4.42.